The molecule has 0 spiro atoms. The molecule has 0 aromatic heterocycles. The van der Waals surface area contributed by atoms with Crippen molar-refractivity contribution in [3.63, 3.8) is 0 Å². The van der Waals surface area contributed by atoms with Crippen LogP contribution in [0.3, 0.4) is 0 Å². The van der Waals surface area contributed by atoms with Gasteiger partial charge in [-0.25, -0.2) is 0 Å². The summed E-state index contributed by atoms with van der Waals surface area (Å²) in [5.41, 5.74) is 2.36. The summed E-state index contributed by atoms with van der Waals surface area (Å²) in [6.45, 7) is 0. The predicted molar refractivity (Wildman–Crippen MR) is 79.9 cm³/mol. The molecule has 0 saturated heterocycles. The summed E-state index contributed by atoms with van der Waals surface area (Å²) in [6.07, 6.45) is 0. The number of nitriles is 1. The largest absolute Gasteiger partial charge is 0.495 e. The molecule has 2 aromatic carbocycles. The average Bonchev–Trinajstić information content (AvgIpc) is 2.46. The summed E-state index contributed by atoms with van der Waals surface area (Å²) in [4.78, 5) is 1.95. The zero-order valence-electron chi connectivity index (χ0n) is 10.7. The summed E-state index contributed by atoms with van der Waals surface area (Å²) >= 11 is 3.40. The Morgan fingerprint density at radius 2 is 1.79 bits per heavy atom. The second kappa shape index (κ2) is 5.77. The van der Waals surface area contributed by atoms with E-state index in [-0.39, 0.29) is 0 Å². The summed E-state index contributed by atoms with van der Waals surface area (Å²) in [6, 6.07) is 15.6. The van der Waals surface area contributed by atoms with E-state index in [1.54, 1.807) is 7.11 Å². The minimum atomic E-state index is 0.607. The first-order chi connectivity index (χ1) is 9.19. The first-order valence-electron chi connectivity index (χ1n) is 5.74. The second-order valence-corrected chi connectivity index (χ2v) is 4.83. The van der Waals surface area contributed by atoms with Crippen molar-refractivity contribution in [2.75, 3.05) is 19.1 Å². The number of hydrogen-bond acceptors (Lipinski definition) is 3. The van der Waals surface area contributed by atoms with Crippen LogP contribution < -0.4 is 9.64 Å². The molecular weight excluding hydrogens is 304 g/mol. The number of anilines is 2. The third-order valence-electron chi connectivity index (χ3n) is 2.91. The number of methoxy groups -OCH3 is 1. The van der Waals surface area contributed by atoms with E-state index in [0.717, 1.165) is 21.6 Å². The quantitative estimate of drug-likeness (QED) is 0.855. The molecule has 0 aliphatic heterocycles. The summed E-state index contributed by atoms with van der Waals surface area (Å²) in [7, 11) is 3.55. The van der Waals surface area contributed by atoms with Gasteiger partial charge in [-0.3, -0.25) is 0 Å². The Hall–Kier alpha value is -1.99. The van der Waals surface area contributed by atoms with E-state index in [4.69, 9.17) is 4.74 Å². The third-order valence-corrected chi connectivity index (χ3v) is 3.57. The highest BCUT2D eigenvalue weighted by Gasteiger charge is 2.14. The minimum Gasteiger partial charge on any atom is -0.495 e. The Labute approximate surface area is 121 Å². The number of ether oxygens (including phenoxy) is 1. The van der Waals surface area contributed by atoms with E-state index in [9.17, 15) is 5.26 Å². The normalized spacial score (nSPS) is 9.79. The maximum absolute atomic E-state index is 9.28. The van der Waals surface area contributed by atoms with E-state index in [2.05, 4.69) is 22.0 Å². The van der Waals surface area contributed by atoms with Gasteiger partial charge in [0.2, 0.25) is 0 Å². The van der Waals surface area contributed by atoms with Gasteiger partial charge in [0.05, 0.1) is 24.0 Å². The maximum atomic E-state index is 9.28. The minimum absolute atomic E-state index is 0.607. The van der Waals surface area contributed by atoms with Crippen molar-refractivity contribution in [3.8, 4) is 11.8 Å². The van der Waals surface area contributed by atoms with E-state index in [1.807, 2.05) is 54.4 Å². The van der Waals surface area contributed by atoms with E-state index in [0.29, 0.717) is 5.56 Å². The number of nitrogens with zero attached hydrogens (tertiary/aromatic N) is 2. The van der Waals surface area contributed by atoms with Crippen LogP contribution in [0.25, 0.3) is 0 Å². The van der Waals surface area contributed by atoms with Crippen molar-refractivity contribution >= 4 is 27.3 Å². The lowest BCUT2D eigenvalue weighted by Gasteiger charge is -2.23. The van der Waals surface area contributed by atoms with Gasteiger partial charge in [-0.2, -0.15) is 5.26 Å². The van der Waals surface area contributed by atoms with Gasteiger partial charge in [-0.15, -0.1) is 0 Å². The van der Waals surface area contributed by atoms with Crippen LogP contribution in [0.1, 0.15) is 5.56 Å². The monoisotopic (exact) mass is 316 g/mol. The molecule has 0 saturated carbocycles. The van der Waals surface area contributed by atoms with Crippen LogP contribution in [0, 0.1) is 11.3 Å². The lowest BCUT2D eigenvalue weighted by atomic mass is 10.1. The van der Waals surface area contributed by atoms with Crippen LogP contribution in [0.15, 0.2) is 46.9 Å². The average molecular weight is 317 g/mol. The Balaban J connectivity index is 2.54. The molecule has 0 atom stereocenters. The highest BCUT2D eigenvalue weighted by Crippen LogP contribution is 2.35. The van der Waals surface area contributed by atoms with Gasteiger partial charge < -0.3 is 9.64 Å². The molecule has 2 aromatic rings. The van der Waals surface area contributed by atoms with Crippen LogP contribution in [0.2, 0.25) is 0 Å². The zero-order valence-corrected chi connectivity index (χ0v) is 12.3. The van der Waals surface area contributed by atoms with Crippen LogP contribution in [-0.4, -0.2) is 14.2 Å². The van der Waals surface area contributed by atoms with Crippen LogP contribution in [-0.2, 0) is 0 Å². The molecule has 0 aliphatic rings. The third kappa shape index (κ3) is 2.56. The Morgan fingerprint density at radius 3 is 2.47 bits per heavy atom. The molecule has 0 heterocycles. The second-order valence-electron chi connectivity index (χ2n) is 3.98. The zero-order chi connectivity index (χ0) is 13.8. The molecule has 19 heavy (non-hydrogen) atoms. The first-order valence-corrected chi connectivity index (χ1v) is 6.53. The first kappa shape index (κ1) is 13.4. The van der Waals surface area contributed by atoms with Gasteiger partial charge in [0.25, 0.3) is 0 Å². The number of hydrogen-bond donors (Lipinski definition) is 0. The molecular formula is C15H13BrN2O. The molecule has 0 bridgehead atoms. The molecule has 0 aliphatic carbocycles. The molecule has 0 unspecified atom stereocenters. The van der Waals surface area contributed by atoms with Gasteiger partial charge in [0.15, 0.2) is 0 Å². The fourth-order valence-electron chi connectivity index (χ4n) is 1.94. The Bertz CT molecular complexity index is 634. The molecule has 4 heteroatoms. The van der Waals surface area contributed by atoms with Gasteiger partial charge in [0.1, 0.15) is 11.8 Å². The summed E-state index contributed by atoms with van der Waals surface area (Å²) < 4.78 is 6.14. The molecule has 96 valence electrons. The predicted octanol–water partition coefficient (Wildman–Crippen LogP) is 4.10. The van der Waals surface area contributed by atoms with Gasteiger partial charge in [-0.1, -0.05) is 18.2 Å². The number of benzene rings is 2. The molecule has 0 N–H and O–H groups in total. The van der Waals surface area contributed by atoms with Gasteiger partial charge >= 0.3 is 0 Å². The fourth-order valence-corrected chi connectivity index (χ4v) is 2.38. The van der Waals surface area contributed by atoms with E-state index >= 15 is 0 Å². The smallest absolute Gasteiger partial charge is 0.142 e. The molecule has 0 radical (unpaired) electrons. The number of rotatable bonds is 3. The van der Waals surface area contributed by atoms with Crippen molar-refractivity contribution in [1.82, 2.24) is 0 Å². The van der Waals surface area contributed by atoms with Crippen molar-refractivity contribution < 1.29 is 4.74 Å². The molecule has 2 rings (SSSR count). The molecule has 0 fully saturated rings. The van der Waals surface area contributed by atoms with Crippen LogP contribution in [0.4, 0.5) is 11.4 Å². The molecule has 3 nitrogen and oxygen atoms in total. The van der Waals surface area contributed by atoms with Gasteiger partial charge in [-0.05, 0) is 40.2 Å². The van der Waals surface area contributed by atoms with Crippen molar-refractivity contribution in [2.45, 2.75) is 0 Å². The van der Waals surface area contributed by atoms with E-state index in [1.165, 1.54) is 0 Å². The summed E-state index contributed by atoms with van der Waals surface area (Å²) in [5, 5.41) is 9.28. The topological polar surface area (TPSA) is 36.3 Å². The van der Waals surface area contributed by atoms with Gasteiger partial charge in [0, 0.05) is 11.5 Å². The van der Waals surface area contributed by atoms with Crippen LogP contribution >= 0.6 is 15.9 Å². The van der Waals surface area contributed by atoms with Crippen LogP contribution in [0.5, 0.6) is 5.75 Å². The van der Waals surface area contributed by atoms with Crippen molar-refractivity contribution in [1.29, 1.82) is 5.26 Å². The highest BCUT2D eigenvalue weighted by molar-refractivity contribution is 9.10. The SMILES string of the molecule is COc1ccccc1N(C)c1cccc(Br)c1C#N. The maximum Gasteiger partial charge on any atom is 0.142 e. The summed E-state index contributed by atoms with van der Waals surface area (Å²) in [5.74, 6) is 0.772. The molecule has 0 amide bonds. The Kier molecular flexibility index (Phi) is 4.08. The lowest BCUT2D eigenvalue weighted by molar-refractivity contribution is 0.415. The number of para-hydroxylation sites is 2. The highest BCUT2D eigenvalue weighted by atomic mass is 79.9. The van der Waals surface area contributed by atoms with Crippen molar-refractivity contribution in [3.05, 3.63) is 52.5 Å². The van der Waals surface area contributed by atoms with Crippen molar-refractivity contribution in [2.24, 2.45) is 0 Å². The standard InChI is InChI=1S/C15H13BrN2O/c1-18(14-7-3-4-9-15(14)19-2)13-8-5-6-12(16)11(13)10-17/h3-9H,1-2H3. The lowest BCUT2D eigenvalue weighted by Crippen LogP contribution is -2.12. The number of halogens is 1. The van der Waals surface area contributed by atoms with E-state index < -0.39 is 0 Å². The Morgan fingerprint density at radius 1 is 1.11 bits per heavy atom. The fraction of sp³-hybridized carbons (Fsp3) is 0.133.